The highest BCUT2D eigenvalue weighted by atomic mass is 16.5. The number of aldehydes is 1. The third kappa shape index (κ3) is 13.3. The Morgan fingerprint density at radius 3 is 2.11 bits per heavy atom. The molecule has 0 aliphatic heterocycles. The largest absolute Gasteiger partial charge is 0.480 e. The summed E-state index contributed by atoms with van der Waals surface area (Å²) in [4.78, 5) is 80.8. The van der Waals surface area contributed by atoms with Crippen molar-refractivity contribution in [3.05, 3.63) is 0 Å². The topological polar surface area (TPSA) is 284 Å². The molecule has 0 aliphatic rings. The Hall–Kier alpha value is -3.67. The molecule has 0 rings (SSSR count). The number of ether oxygens (including phenoxy) is 1. The summed E-state index contributed by atoms with van der Waals surface area (Å²) in [6.07, 6.45) is -7.15. The van der Waals surface area contributed by atoms with Crippen molar-refractivity contribution in [2.75, 3.05) is 19.7 Å². The van der Waals surface area contributed by atoms with E-state index in [9.17, 15) is 43.8 Å². The zero-order chi connectivity index (χ0) is 28.7. The van der Waals surface area contributed by atoms with Crippen LogP contribution in [-0.2, 0) is 38.3 Å². The summed E-state index contributed by atoms with van der Waals surface area (Å²) >= 11 is 0. The van der Waals surface area contributed by atoms with Crippen LogP contribution in [0.5, 0.6) is 0 Å². The molecule has 0 aromatic heterocycles. The van der Waals surface area contributed by atoms with Gasteiger partial charge < -0.3 is 57.0 Å². The molecule has 0 bridgehead atoms. The first-order chi connectivity index (χ1) is 17.2. The fourth-order valence-corrected chi connectivity index (χ4v) is 2.81. The van der Waals surface area contributed by atoms with Gasteiger partial charge in [-0.3, -0.25) is 28.8 Å². The van der Waals surface area contributed by atoms with E-state index in [1.54, 1.807) is 0 Å². The van der Waals surface area contributed by atoms with Gasteiger partial charge in [-0.2, -0.15) is 0 Å². The Morgan fingerprint density at radius 1 is 1.00 bits per heavy atom. The Kier molecular flexibility index (Phi) is 15.2. The fraction of sp³-hybridized carbons (Fsp3) is 0.650. The number of hydrogen-bond donors (Lipinski definition) is 9. The molecule has 0 radical (unpaired) electrons. The minimum atomic E-state index is -1.89. The molecule has 5 amide bonds. The molecule has 2 unspecified atom stereocenters. The average Bonchev–Trinajstić information content (AvgIpc) is 2.83. The Bertz CT molecular complexity index is 839. The molecule has 0 saturated heterocycles. The summed E-state index contributed by atoms with van der Waals surface area (Å²) in [5.41, 5.74) is 5.19. The van der Waals surface area contributed by atoms with Crippen molar-refractivity contribution in [3.8, 4) is 0 Å². The lowest BCUT2D eigenvalue weighted by Gasteiger charge is -2.32. The number of hydrogen-bond acceptors (Lipinski definition) is 11. The molecule has 17 heteroatoms. The summed E-state index contributed by atoms with van der Waals surface area (Å²) in [5, 5.41) is 46.1. The third-order valence-electron chi connectivity index (χ3n) is 4.72. The molecule has 10 N–H and O–H groups in total. The van der Waals surface area contributed by atoms with E-state index in [2.05, 4.69) is 21.3 Å². The standard InChI is InChI=1S/C20H33N5O12/c1-9(37-18(17(34)13(29)8-27)12(7-26)24-10(2)28)20(36)23-5-15(31)25-11(19(21)35)3-4-14(30)22-6-16(32)33/h7,9,11-13,17-18,27,29,34H,3-6,8H2,1-2H3,(H2,21,35)(H,22,30)(H,23,36)(H,24,28)(H,25,31)(H,32,33)/t9?,11?,12-,13+,17+,18+/m0/s1. The SMILES string of the molecule is CC(=O)N[C@@H](C=O)[C@@H](OC(C)C(=O)NCC(=O)NC(CCC(=O)NCC(=O)O)C(N)=O)[C@H](O)[C@H](O)CO. The second-order valence-electron chi connectivity index (χ2n) is 7.80. The van der Waals surface area contributed by atoms with E-state index in [0.29, 0.717) is 0 Å². The highest BCUT2D eigenvalue weighted by Crippen LogP contribution is 2.12. The van der Waals surface area contributed by atoms with Gasteiger partial charge in [-0.25, -0.2) is 0 Å². The van der Waals surface area contributed by atoms with Crippen LogP contribution in [-0.4, -0.2) is 118 Å². The van der Waals surface area contributed by atoms with Gasteiger partial charge in [-0.05, 0) is 13.3 Å². The number of carboxylic acid groups (broad SMARTS) is 1. The highest BCUT2D eigenvalue weighted by molar-refractivity contribution is 5.90. The van der Waals surface area contributed by atoms with Crippen LogP contribution < -0.4 is 27.0 Å². The maximum Gasteiger partial charge on any atom is 0.322 e. The van der Waals surface area contributed by atoms with E-state index >= 15 is 0 Å². The number of aliphatic carboxylic acids is 1. The van der Waals surface area contributed by atoms with Crippen LogP contribution >= 0.6 is 0 Å². The molecular weight excluding hydrogens is 502 g/mol. The zero-order valence-corrected chi connectivity index (χ0v) is 20.2. The van der Waals surface area contributed by atoms with Gasteiger partial charge in [-0.15, -0.1) is 0 Å². The molecule has 0 aromatic rings. The van der Waals surface area contributed by atoms with Gasteiger partial charge in [0.2, 0.25) is 29.5 Å². The number of carbonyl (C=O) groups is 7. The number of aliphatic hydroxyl groups excluding tert-OH is 3. The molecule has 0 aliphatic carbocycles. The van der Waals surface area contributed by atoms with Crippen molar-refractivity contribution in [1.29, 1.82) is 0 Å². The van der Waals surface area contributed by atoms with E-state index in [4.69, 9.17) is 20.7 Å². The Morgan fingerprint density at radius 2 is 1.62 bits per heavy atom. The maximum absolute atomic E-state index is 12.4. The lowest BCUT2D eigenvalue weighted by atomic mass is 10.0. The monoisotopic (exact) mass is 535 g/mol. The molecule has 0 heterocycles. The third-order valence-corrected chi connectivity index (χ3v) is 4.72. The van der Waals surface area contributed by atoms with Crippen molar-refractivity contribution < 1.29 is 58.7 Å². The van der Waals surface area contributed by atoms with Gasteiger partial charge in [0, 0.05) is 13.3 Å². The van der Waals surface area contributed by atoms with Gasteiger partial charge in [0.05, 0.1) is 13.2 Å². The van der Waals surface area contributed by atoms with Crippen LogP contribution in [0.25, 0.3) is 0 Å². The lowest BCUT2D eigenvalue weighted by Crippen LogP contribution is -2.56. The minimum Gasteiger partial charge on any atom is -0.480 e. The van der Waals surface area contributed by atoms with Gasteiger partial charge >= 0.3 is 5.97 Å². The van der Waals surface area contributed by atoms with Crippen LogP contribution in [0.4, 0.5) is 0 Å². The van der Waals surface area contributed by atoms with Crippen molar-refractivity contribution in [2.24, 2.45) is 5.73 Å². The molecular formula is C20H33N5O12. The number of nitrogens with one attached hydrogen (secondary N) is 4. The number of amides is 5. The number of primary amides is 1. The first-order valence-electron chi connectivity index (χ1n) is 10.9. The van der Waals surface area contributed by atoms with Crippen LogP contribution in [0.2, 0.25) is 0 Å². The van der Waals surface area contributed by atoms with Crippen molar-refractivity contribution in [2.45, 2.75) is 63.2 Å². The summed E-state index contributed by atoms with van der Waals surface area (Å²) in [6.45, 7) is 0.00924. The van der Waals surface area contributed by atoms with Crippen LogP contribution in [0.15, 0.2) is 0 Å². The van der Waals surface area contributed by atoms with Crippen LogP contribution in [0, 0.1) is 0 Å². The summed E-state index contributed by atoms with van der Waals surface area (Å²) in [5.74, 6) is -5.45. The normalized spacial score (nSPS) is 15.6. The zero-order valence-electron chi connectivity index (χ0n) is 20.2. The fourth-order valence-electron chi connectivity index (χ4n) is 2.81. The minimum absolute atomic E-state index is 0.198. The molecule has 0 aromatic carbocycles. The molecule has 0 fully saturated rings. The molecule has 37 heavy (non-hydrogen) atoms. The summed E-state index contributed by atoms with van der Waals surface area (Å²) in [6, 6.07) is -2.81. The molecule has 0 spiro atoms. The second-order valence-corrected chi connectivity index (χ2v) is 7.80. The number of rotatable bonds is 18. The average molecular weight is 536 g/mol. The predicted molar refractivity (Wildman–Crippen MR) is 121 cm³/mol. The van der Waals surface area contributed by atoms with E-state index in [0.717, 1.165) is 6.92 Å². The molecule has 17 nitrogen and oxygen atoms in total. The maximum atomic E-state index is 12.4. The van der Waals surface area contributed by atoms with Gasteiger partial charge in [0.1, 0.15) is 49.3 Å². The van der Waals surface area contributed by atoms with E-state index < -0.39 is 91.7 Å². The van der Waals surface area contributed by atoms with E-state index in [1.807, 2.05) is 0 Å². The second kappa shape index (κ2) is 16.9. The summed E-state index contributed by atoms with van der Waals surface area (Å²) in [7, 11) is 0. The van der Waals surface area contributed by atoms with Crippen LogP contribution in [0.3, 0.4) is 0 Å². The van der Waals surface area contributed by atoms with Crippen molar-refractivity contribution in [1.82, 2.24) is 21.3 Å². The smallest absolute Gasteiger partial charge is 0.322 e. The number of aliphatic hydroxyl groups is 3. The quantitative estimate of drug-likeness (QED) is 0.0742. The molecule has 210 valence electrons. The van der Waals surface area contributed by atoms with E-state index in [-0.39, 0.29) is 19.1 Å². The van der Waals surface area contributed by atoms with Gasteiger partial charge in [0.15, 0.2) is 0 Å². The Balaban J connectivity index is 5.02. The van der Waals surface area contributed by atoms with E-state index in [1.165, 1.54) is 6.92 Å². The number of carbonyl (C=O) groups excluding carboxylic acids is 6. The van der Waals surface area contributed by atoms with Crippen LogP contribution in [0.1, 0.15) is 26.7 Å². The molecule has 0 saturated carbocycles. The van der Waals surface area contributed by atoms with Gasteiger partial charge in [0.25, 0.3) is 0 Å². The highest BCUT2D eigenvalue weighted by Gasteiger charge is 2.36. The Labute approximate surface area is 211 Å². The van der Waals surface area contributed by atoms with Gasteiger partial charge in [-0.1, -0.05) is 0 Å². The predicted octanol–water partition coefficient (Wildman–Crippen LogP) is -5.75. The lowest BCUT2D eigenvalue weighted by molar-refractivity contribution is -0.157. The molecule has 6 atom stereocenters. The first kappa shape index (κ1) is 33.3. The number of carboxylic acids is 1. The van der Waals surface area contributed by atoms with Crippen molar-refractivity contribution >= 4 is 41.8 Å². The van der Waals surface area contributed by atoms with Crippen molar-refractivity contribution in [3.63, 3.8) is 0 Å². The number of nitrogens with two attached hydrogens (primary N) is 1. The first-order valence-corrected chi connectivity index (χ1v) is 10.9. The summed E-state index contributed by atoms with van der Waals surface area (Å²) < 4.78 is 5.34.